The van der Waals surface area contributed by atoms with Crippen LogP contribution in [0.2, 0.25) is 0 Å². The van der Waals surface area contributed by atoms with Crippen LogP contribution in [0, 0.1) is 13.8 Å². The van der Waals surface area contributed by atoms with Crippen molar-refractivity contribution in [3.8, 4) is 5.75 Å². The van der Waals surface area contributed by atoms with Crippen molar-refractivity contribution in [1.29, 1.82) is 0 Å². The van der Waals surface area contributed by atoms with Gasteiger partial charge in [-0.2, -0.15) is 0 Å². The normalized spacial score (nSPS) is 13.9. The van der Waals surface area contributed by atoms with Gasteiger partial charge in [-0.05, 0) is 109 Å². The maximum atomic E-state index is 14.3. The number of ether oxygens (including phenoxy) is 1. The summed E-state index contributed by atoms with van der Waals surface area (Å²) in [4.78, 5) is 4.31. The second-order valence-corrected chi connectivity index (χ2v) is 17.5. The SMILES string of the molecule is Cc1ccccc1N1c2cc3cc(C(C)(C)C)ccc3cc2B2c3cc4ccc(C(C)(C)C)cc4cc3N(c3ccccc3C)c3cc(OC(F)(F)F)cc1c32. The van der Waals surface area contributed by atoms with Crippen molar-refractivity contribution in [2.45, 2.75) is 72.6 Å². The van der Waals surface area contributed by atoms with Gasteiger partial charge in [0.25, 0.3) is 6.71 Å². The molecular weight excluding hydrogens is 700 g/mol. The molecule has 7 aromatic carbocycles. The number of aryl methyl sites for hydroxylation is 2. The highest BCUT2D eigenvalue weighted by atomic mass is 19.4. The molecule has 0 fully saturated rings. The highest BCUT2D eigenvalue weighted by Crippen LogP contribution is 2.48. The fraction of sp³-hybridized carbons (Fsp3) is 0.224. The first-order valence-corrected chi connectivity index (χ1v) is 19.3. The van der Waals surface area contributed by atoms with Gasteiger partial charge in [0.15, 0.2) is 0 Å². The van der Waals surface area contributed by atoms with Gasteiger partial charge in [0, 0.05) is 46.3 Å². The lowest BCUT2D eigenvalue weighted by Gasteiger charge is -2.45. The second-order valence-electron chi connectivity index (χ2n) is 17.5. The van der Waals surface area contributed by atoms with Crippen LogP contribution < -0.4 is 30.9 Å². The van der Waals surface area contributed by atoms with Crippen LogP contribution in [0.4, 0.5) is 47.3 Å². The zero-order valence-corrected chi connectivity index (χ0v) is 33.1. The predicted octanol–water partition coefficient (Wildman–Crippen LogP) is 12.2. The molecule has 7 aromatic rings. The van der Waals surface area contributed by atoms with Gasteiger partial charge in [-0.3, -0.25) is 0 Å². The molecule has 0 bridgehead atoms. The zero-order chi connectivity index (χ0) is 39.5. The molecular formula is C49H44BF3N2O. The van der Waals surface area contributed by atoms with Crippen molar-refractivity contribution in [2.75, 3.05) is 9.80 Å². The third kappa shape index (κ3) is 5.91. The van der Waals surface area contributed by atoms with Gasteiger partial charge in [-0.1, -0.05) is 126 Å². The Hall–Kier alpha value is -5.69. The van der Waals surface area contributed by atoms with Crippen LogP contribution in [0.5, 0.6) is 5.75 Å². The lowest BCUT2D eigenvalue weighted by atomic mass is 9.33. The molecule has 0 aromatic heterocycles. The smallest absolute Gasteiger partial charge is 0.406 e. The van der Waals surface area contributed by atoms with E-state index in [4.69, 9.17) is 4.74 Å². The number of para-hydroxylation sites is 2. The Morgan fingerprint density at radius 3 is 1.29 bits per heavy atom. The van der Waals surface area contributed by atoms with Crippen LogP contribution in [0.15, 0.2) is 121 Å². The van der Waals surface area contributed by atoms with E-state index < -0.39 is 6.36 Å². The van der Waals surface area contributed by atoms with Crippen LogP contribution >= 0.6 is 0 Å². The molecule has 2 aliphatic heterocycles. The molecule has 9 rings (SSSR count). The third-order valence-electron chi connectivity index (χ3n) is 11.6. The molecule has 0 amide bonds. The summed E-state index contributed by atoms with van der Waals surface area (Å²) < 4.78 is 47.8. The van der Waals surface area contributed by atoms with Crippen LogP contribution in [-0.2, 0) is 10.8 Å². The minimum atomic E-state index is -4.89. The lowest BCUT2D eigenvalue weighted by molar-refractivity contribution is -0.274. The average molecular weight is 745 g/mol. The number of halogens is 3. The van der Waals surface area contributed by atoms with Gasteiger partial charge in [0.05, 0.1) is 0 Å². The number of hydrogen-bond acceptors (Lipinski definition) is 3. The quantitative estimate of drug-likeness (QED) is 0.168. The van der Waals surface area contributed by atoms with Crippen molar-refractivity contribution >= 4 is 78.8 Å². The number of nitrogens with zero attached hydrogens (tertiary/aromatic N) is 2. The van der Waals surface area contributed by atoms with Crippen LogP contribution in [0.1, 0.15) is 63.8 Å². The Bertz CT molecular complexity index is 2560. The molecule has 0 aliphatic carbocycles. The average Bonchev–Trinajstić information content (AvgIpc) is 3.12. The van der Waals surface area contributed by atoms with Crippen LogP contribution in [-0.4, -0.2) is 13.1 Å². The number of benzene rings is 7. The van der Waals surface area contributed by atoms with Crippen molar-refractivity contribution in [3.63, 3.8) is 0 Å². The molecule has 0 saturated heterocycles. The summed E-state index contributed by atoms with van der Waals surface area (Å²) >= 11 is 0. The van der Waals surface area contributed by atoms with E-state index in [1.165, 1.54) is 11.1 Å². The molecule has 0 radical (unpaired) electrons. The second kappa shape index (κ2) is 12.4. The Balaban J connectivity index is 1.44. The zero-order valence-electron chi connectivity index (χ0n) is 33.1. The Labute approximate surface area is 327 Å². The molecule has 280 valence electrons. The van der Waals surface area contributed by atoms with E-state index in [2.05, 4.69) is 150 Å². The van der Waals surface area contributed by atoms with Crippen LogP contribution in [0.3, 0.4) is 0 Å². The number of anilines is 6. The van der Waals surface area contributed by atoms with Gasteiger partial charge in [-0.15, -0.1) is 13.2 Å². The first-order valence-electron chi connectivity index (χ1n) is 19.3. The van der Waals surface area contributed by atoms with E-state index in [0.29, 0.717) is 11.4 Å². The molecule has 0 atom stereocenters. The number of fused-ring (bicyclic) bond motifs is 6. The van der Waals surface area contributed by atoms with E-state index in [1.54, 1.807) is 12.1 Å². The molecule has 2 aliphatic rings. The summed E-state index contributed by atoms with van der Waals surface area (Å²) in [6, 6.07) is 41.8. The van der Waals surface area contributed by atoms with Gasteiger partial charge >= 0.3 is 6.36 Å². The standard InChI is InChI=1S/C49H44BF3N2O/c1-29-13-9-11-15-40(29)54-42-25-33-21-35(47(3,4)5)19-17-31(33)23-38(42)50-39-24-32-18-20-36(48(6,7)8)22-34(32)26-43(39)55(41-16-12-10-14-30(41)2)45-28-37(56-49(51,52)53)27-44(54)46(45)50/h9-28H,1-8H3. The highest BCUT2D eigenvalue weighted by molar-refractivity contribution is 7.00. The third-order valence-corrected chi connectivity index (χ3v) is 11.6. The van der Waals surface area contributed by atoms with E-state index >= 15 is 0 Å². The van der Waals surface area contributed by atoms with E-state index in [9.17, 15) is 13.2 Å². The molecule has 2 heterocycles. The van der Waals surface area contributed by atoms with E-state index in [0.717, 1.165) is 71.8 Å². The highest BCUT2D eigenvalue weighted by Gasteiger charge is 2.45. The maximum Gasteiger partial charge on any atom is 0.573 e. The fourth-order valence-electron chi connectivity index (χ4n) is 8.73. The largest absolute Gasteiger partial charge is 0.573 e. The van der Waals surface area contributed by atoms with Gasteiger partial charge in [0.2, 0.25) is 0 Å². The molecule has 0 unspecified atom stereocenters. The fourth-order valence-corrected chi connectivity index (χ4v) is 8.73. The van der Waals surface area contributed by atoms with E-state index in [-0.39, 0.29) is 23.3 Å². The number of alkyl halides is 3. The van der Waals surface area contributed by atoms with Crippen molar-refractivity contribution < 1.29 is 17.9 Å². The van der Waals surface area contributed by atoms with Crippen LogP contribution in [0.25, 0.3) is 21.5 Å². The summed E-state index contributed by atoms with van der Waals surface area (Å²) in [5.41, 5.74) is 12.4. The Kier molecular flexibility index (Phi) is 7.97. The summed E-state index contributed by atoms with van der Waals surface area (Å²) in [5, 5.41) is 4.38. The minimum Gasteiger partial charge on any atom is -0.406 e. The molecule has 7 heteroatoms. The van der Waals surface area contributed by atoms with Gasteiger partial charge in [0.1, 0.15) is 5.75 Å². The first kappa shape index (κ1) is 36.0. The molecule has 0 spiro atoms. The molecule has 56 heavy (non-hydrogen) atoms. The molecule has 3 nitrogen and oxygen atoms in total. The van der Waals surface area contributed by atoms with Crippen molar-refractivity contribution in [3.05, 3.63) is 144 Å². The predicted molar refractivity (Wildman–Crippen MR) is 229 cm³/mol. The molecule has 0 N–H and O–H groups in total. The first-order chi connectivity index (χ1) is 26.5. The van der Waals surface area contributed by atoms with Gasteiger partial charge in [-0.25, -0.2) is 0 Å². The molecule has 0 saturated carbocycles. The summed E-state index contributed by atoms with van der Waals surface area (Å²) in [6.45, 7) is 17.1. The summed E-state index contributed by atoms with van der Waals surface area (Å²) in [5.74, 6) is -0.263. The number of rotatable bonds is 3. The minimum absolute atomic E-state index is 0.0691. The maximum absolute atomic E-state index is 14.3. The van der Waals surface area contributed by atoms with E-state index in [1.807, 2.05) is 24.3 Å². The summed E-state index contributed by atoms with van der Waals surface area (Å²) in [6.07, 6.45) is -4.89. The van der Waals surface area contributed by atoms with Crippen molar-refractivity contribution in [2.24, 2.45) is 0 Å². The van der Waals surface area contributed by atoms with Crippen molar-refractivity contribution in [1.82, 2.24) is 0 Å². The summed E-state index contributed by atoms with van der Waals surface area (Å²) in [7, 11) is 0. The lowest BCUT2D eigenvalue weighted by Crippen LogP contribution is -2.61. The topological polar surface area (TPSA) is 15.7 Å². The Morgan fingerprint density at radius 2 is 0.893 bits per heavy atom. The van der Waals surface area contributed by atoms with Gasteiger partial charge < -0.3 is 14.5 Å². The Morgan fingerprint density at radius 1 is 0.464 bits per heavy atom. The monoisotopic (exact) mass is 744 g/mol. The number of hydrogen-bond donors (Lipinski definition) is 0.